The van der Waals surface area contributed by atoms with E-state index in [1.807, 2.05) is 49.4 Å². The van der Waals surface area contributed by atoms with E-state index in [-0.39, 0.29) is 29.6 Å². The molecule has 2 bridgehead atoms. The van der Waals surface area contributed by atoms with Crippen LogP contribution in [-0.2, 0) is 14.4 Å². The highest BCUT2D eigenvalue weighted by atomic mass is 35.5. The zero-order chi connectivity index (χ0) is 26.2. The summed E-state index contributed by atoms with van der Waals surface area (Å²) in [7, 11) is 0. The lowest BCUT2D eigenvalue weighted by Crippen LogP contribution is -2.51. The smallest absolute Gasteiger partial charge is 0.248 e. The summed E-state index contributed by atoms with van der Waals surface area (Å²) in [5.74, 6) is -1.59. The van der Waals surface area contributed by atoms with Gasteiger partial charge in [-0.25, -0.2) is 0 Å². The number of likely N-dealkylation sites (tertiary alicyclic amines) is 1. The topological polar surface area (TPSA) is 98.7 Å². The predicted molar refractivity (Wildman–Crippen MR) is 147 cm³/mol. The molecule has 1 spiro atoms. The van der Waals surface area contributed by atoms with Crippen molar-refractivity contribution in [1.29, 1.82) is 0 Å². The van der Waals surface area contributed by atoms with E-state index in [0.717, 1.165) is 18.4 Å². The lowest BCUT2D eigenvalue weighted by Gasteiger charge is -2.34. The SMILES string of the molecule is Cc1cccc(Cl)c1NC(=O)C1N(CCCCCO)C(=O)[C@@H]2[C@H](C(=O)Nc3ccccc3)[C@@H]3CCC12S3. The lowest BCUT2D eigenvalue weighted by atomic mass is 9.70. The number of para-hydroxylation sites is 2. The molecule has 3 N–H and O–H groups in total. The molecule has 3 saturated heterocycles. The molecule has 9 heteroatoms. The van der Waals surface area contributed by atoms with Crippen molar-refractivity contribution in [2.75, 3.05) is 23.8 Å². The number of anilines is 2. The molecule has 5 rings (SSSR count). The number of benzene rings is 2. The summed E-state index contributed by atoms with van der Waals surface area (Å²) in [6.07, 6.45) is 3.57. The van der Waals surface area contributed by atoms with Gasteiger partial charge in [-0.2, -0.15) is 0 Å². The average molecular weight is 542 g/mol. The van der Waals surface area contributed by atoms with Crippen LogP contribution in [0.25, 0.3) is 0 Å². The lowest BCUT2D eigenvalue weighted by molar-refractivity contribution is -0.138. The molecule has 3 aliphatic rings. The van der Waals surface area contributed by atoms with Gasteiger partial charge in [0.25, 0.3) is 0 Å². The van der Waals surface area contributed by atoms with Crippen molar-refractivity contribution in [3.05, 3.63) is 59.1 Å². The number of hydrogen-bond donors (Lipinski definition) is 3. The van der Waals surface area contributed by atoms with Crippen molar-refractivity contribution in [2.45, 2.75) is 55.1 Å². The minimum atomic E-state index is -0.695. The van der Waals surface area contributed by atoms with Gasteiger partial charge in [-0.15, -0.1) is 11.8 Å². The number of aliphatic hydroxyl groups is 1. The first-order valence-electron chi connectivity index (χ1n) is 12.9. The molecule has 5 atom stereocenters. The first kappa shape index (κ1) is 26.1. The van der Waals surface area contributed by atoms with Crippen molar-refractivity contribution < 1.29 is 19.5 Å². The number of aryl methyl sites for hydroxylation is 1. The standard InChI is InChI=1S/C28H32ClN3O4S/c1-17-9-8-12-19(29)23(17)31-26(35)24-28-14-13-20(37-28)21(25(34)30-18-10-4-2-5-11-18)22(28)27(36)32(24)15-6-3-7-16-33/h2,4-5,8-12,20-22,24,33H,3,6-7,13-16H2,1H3,(H,30,34)(H,31,35)/t20-,21+,22-,24?,28?/m0/s1. The van der Waals surface area contributed by atoms with Gasteiger partial charge in [0.15, 0.2) is 0 Å². The fourth-order valence-corrected chi connectivity index (χ4v) is 8.78. The molecule has 0 radical (unpaired) electrons. The summed E-state index contributed by atoms with van der Waals surface area (Å²) < 4.78 is -0.656. The van der Waals surface area contributed by atoms with Crippen molar-refractivity contribution in [3.63, 3.8) is 0 Å². The summed E-state index contributed by atoms with van der Waals surface area (Å²) in [5, 5.41) is 15.7. The Bertz CT molecular complexity index is 1170. The van der Waals surface area contributed by atoms with E-state index in [1.165, 1.54) is 0 Å². The number of nitrogens with zero attached hydrogens (tertiary/aromatic N) is 1. The molecule has 3 heterocycles. The Morgan fingerprint density at radius 3 is 2.59 bits per heavy atom. The number of amides is 3. The summed E-state index contributed by atoms with van der Waals surface area (Å²) in [6, 6.07) is 14.0. The molecule has 2 aromatic rings. The molecule has 196 valence electrons. The fourth-order valence-electron chi connectivity index (χ4n) is 6.29. The maximum absolute atomic E-state index is 14.0. The van der Waals surface area contributed by atoms with Crippen LogP contribution in [0.4, 0.5) is 11.4 Å². The first-order chi connectivity index (χ1) is 17.9. The van der Waals surface area contributed by atoms with Crippen molar-refractivity contribution in [3.8, 4) is 0 Å². The second kappa shape index (κ2) is 10.7. The molecule has 3 fully saturated rings. The number of nitrogens with one attached hydrogen (secondary N) is 2. The second-order valence-electron chi connectivity index (χ2n) is 10.1. The van der Waals surface area contributed by atoms with Crippen molar-refractivity contribution in [2.24, 2.45) is 11.8 Å². The summed E-state index contributed by atoms with van der Waals surface area (Å²) in [4.78, 5) is 43.1. The van der Waals surface area contributed by atoms with Gasteiger partial charge in [0, 0.05) is 24.1 Å². The molecule has 3 aliphatic heterocycles. The summed E-state index contributed by atoms with van der Waals surface area (Å²) in [6.45, 7) is 2.39. The number of halogens is 1. The number of carbonyl (C=O) groups is 3. The van der Waals surface area contributed by atoms with Crippen LogP contribution < -0.4 is 10.6 Å². The Labute approximate surface area is 226 Å². The highest BCUT2D eigenvalue weighted by Crippen LogP contribution is 2.66. The Morgan fingerprint density at radius 1 is 1.08 bits per heavy atom. The van der Waals surface area contributed by atoms with E-state index in [2.05, 4.69) is 10.6 Å². The van der Waals surface area contributed by atoms with E-state index in [0.29, 0.717) is 42.2 Å². The number of unbranched alkanes of at least 4 members (excludes halogenated alkanes) is 2. The molecular formula is C28H32ClN3O4S. The van der Waals surface area contributed by atoms with E-state index in [9.17, 15) is 19.5 Å². The third-order valence-electron chi connectivity index (χ3n) is 7.92. The largest absolute Gasteiger partial charge is 0.396 e. The number of rotatable bonds is 9. The van der Waals surface area contributed by atoms with Crippen LogP contribution in [0, 0.1) is 18.8 Å². The molecular weight excluding hydrogens is 510 g/mol. The molecule has 37 heavy (non-hydrogen) atoms. The van der Waals surface area contributed by atoms with Gasteiger partial charge in [0.1, 0.15) is 6.04 Å². The second-order valence-corrected chi connectivity index (χ2v) is 12.2. The van der Waals surface area contributed by atoms with Gasteiger partial charge in [0.05, 0.1) is 27.3 Å². The number of thioether (sulfide) groups is 1. The van der Waals surface area contributed by atoms with Gasteiger partial charge in [-0.1, -0.05) is 41.9 Å². The van der Waals surface area contributed by atoms with Gasteiger partial charge < -0.3 is 20.6 Å². The molecule has 0 saturated carbocycles. The molecule has 3 amide bonds. The number of fused-ring (bicyclic) bond motifs is 1. The third-order valence-corrected chi connectivity index (χ3v) is 10.2. The van der Waals surface area contributed by atoms with Crippen LogP contribution in [0.5, 0.6) is 0 Å². The van der Waals surface area contributed by atoms with Crippen molar-refractivity contribution >= 4 is 52.5 Å². The number of carbonyl (C=O) groups excluding carboxylic acids is 3. The summed E-state index contributed by atoms with van der Waals surface area (Å²) >= 11 is 8.06. The Hall–Kier alpha value is -2.55. The van der Waals surface area contributed by atoms with Gasteiger partial charge in [-0.05, 0) is 62.8 Å². The number of aliphatic hydroxyl groups excluding tert-OH is 1. The molecule has 0 aromatic heterocycles. The summed E-state index contributed by atoms with van der Waals surface area (Å²) in [5.41, 5.74) is 2.10. The van der Waals surface area contributed by atoms with Gasteiger partial charge in [0.2, 0.25) is 17.7 Å². The molecule has 0 aliphatic carbocycles. The zero-order valence-corrected chi connectivity index (χ0v) is 22.4. The quantitative estimate of drug-likeness (QED) is 0.407. The minimum Gasteiger partial charge on any atom is -0.396 e. The fraction of sp³-hybridized carbons (Fsp3) is 0.464. The average Bonchev–Trinajstić information content (AvgIpc) is 3.52. The zero-order valence-electron chi connectivity index (χ0n) is 20.8. The van der Waals surface area contributed by atoms with Crippen molar-refractivity contribution in [1.82, 2.24) is 4.90 Å². The predicted octanol–water partition coefficient (Wildman–Crippen LogP) is 4.48. The molecule has 2 unspecified atom stereocenters. The minimum absolute atomic E-state index is 0.00782. The first-order valence-corrected chi connectivity index (χ1v) is 14.1. The maximum Gasteiger partial charge on any atom is 0.248 e. The van der Waals surface area contributed by atoms with Crippen LogP contribution in [0.15, 0.2) is 48.5 Å². The van der Waals surface area contributed by atoms with Crippen LogP contribution in [0.1, 0.15) is 37.7 Å². The third kappa shape index (κ3) is 4.64. The van der Waals surface area contributed by atoms with Crippen LogP contribution in [0.2, 0.25) is 5.02 Å². The normalized spacial score (nSPS) is 27.9. The highest BCUT2D eigenvalue weighted by molar-refractivity contribution is 8.02. The van der Waals surface area contributed by atoms with E-state index in [1.54, 1.807) is 22.7 Å². The number of hydrogen-bond acceptors (Lipinski definition) is 5. The Kier molecular flexibility index (Phi) is 7.52. The maximum atomic E-state index is 14.0. The monoisotopic (exact) mass is 541 g/mol. The Balaban J connectivity index is 1.45. The van der Waals surface area contributed by atoms with Crippen LogP contribution in [0.3, 0.4) is 0 Å². The van der Waals surface area contributed by atoms with Gasteiger partial charge in [-0.3, -0.25) is 14.4 Å². The van der Waals surface area contributed by atoms with E-state index >= 15 is 0 Å². The molecule has 7 nitrogen and oxygen atoms in total. The van der Waals surface area contributed by atoms with Crippen LogP contribution in [-0.4, -0.2) is 56.9 Å². The van der Waals surface area contributed by atoms with E-state index in [4.69, 9.17) is 11.6 Å². The van der Waals surface area contributed by atoms with E-state index < -0.39 is 22.6 Å². The molecule has 2 aromatic carbocycles. The van der Waals surface area contributed by atoms with Crippen LogP contribution >= 0.6 is 23.4 Å². The Morgan fingerprint density at radius 2 is 1.86 bits per heavy atom. The van der Waals surface area contributed by atoms with Gasteiger partial charge >= 0.3 is 0 Å². The highest BCUT2D eigenvalue weighted by Gasteiger charge is 2.73.